The third-order valence-electron chi connectivity index (χ3n) is 3.34. The quantitative estimate of drug-likeness (QED) is 0.593. The second-order valence-electron chi connectivity index (χ2n) is 4.76. The molecule has 0 bridgehead atoms. The molecule has 0 aromatic rings. The van der Waals surface area contributed by atoms with E-state index in [1.807, 2.05) is 0 Å². The van der Waals surface area contributed by atoms with E-state index in [9.17, 15) is 0 Å². The Labute approximate surface area is 117 Å². The van der Waals surface area contributed by atoms with Crippen molar-refractivity contribution in [2.24, 2.45) is 23.3 Å². The van der Waals surface area contributed by atoms with Crippen LogP contribution in [-0.2, 0) is 22.4 Å². The van der Waals surface area contributed by atoms with E-state index in [1.54, 1.807) is 0 Å². The number of nitrogens with one attached hydrogen (secondary N) is 1. The van der Waals surface area contributed by atoms with Gasteiger partial charge >= 0.3 is 0 Å². The predicted molar refractivity (Wildman–Crippen MR) is 67.7 cm³/mol. The molecule has 97 valence electrons. The predicted octanol–water partition coefficient (Wildman–Crippen LogP) is 1.32. The fraction of sp³-hybridized carbons (Fsp3) is 1.00. The van der Waals surface area contributed by atoms with Crippen LogP contribution in [0.15, 0.2) is 0 Å². The SMILES string of the molecule is CCC(N)C(C)CNCC(C)C(N)CC.[Nb]. The van der Waals surface area contributed by atoms with Crippen LogP contribution in [0.4, 0.5) is 0 Å². The molecular weight excluding hydrogens is 279 g/mol. The molecule has 0 spiro atoms. The molecule has 0 aliphatic carbocycles. The maximum atomic E-state index is 5.95. The van der Waals surface area contributed by atoms with Crippen LogP contribution in [0.3, 0.4) is 0 Å². The van der Waals surface area contributed by atoms with Crippen molar-refractivity contribution in [3.63, 3.8) is 0 Å². The van der Waals surface area contributed by atoms with Crippen LogP contribution in [0.5, 0.6) is 0 Å². The molecule has 0 aliphatic rings. The van der Waals surface area contributed by atoms with Crippen LogP contribution in [-0.4, -0.2) is 25.2 Å². The molecule has 0 fully saturated rings. The first kappa shape index (κ1) is 19.0. The Balaban J connectivity index is 0. The van der Waals surface area contributed by atoms with Crippen LogP contribution in [0.1, 0.15) is 40.5 Å². The third kappa shape index (κ3) is 7.82. The van der Waals surface area contributed by atoms with Crippen molar-refractivity contribution >= 4 is 0 Å². The van der Waals surface area contributed by atoms with Gasteiger partial charge in [-0.1, -0.05) is 27.7 Å². The van der Waals surface area contributed by atoms with Crippen molar-refractivity contribution in [3.8, 4) is 0 Å². The van der Waals surface area contributed by atoms with Crippen LogP contribution in [0.2, 0.25) is 0 Å². The van der Waals surface area contributed by atoms with Gasteiger partial charge in [0, 0.05) is 34.5 Å². The number of hydrogen-bond donors (Lipinski definition) is 3. The largest absolute Gasteiger partial charge is 0.327 e. The second-order valence-corrected chi connectivity index (χ2v) is 4.76. The number of hydrogen-bond acceptors (Lipinski definition) is 3. The fourth-order valence-corrected chi connectivity index (χ4v) is 1.65. The normalized spacial score (nSPS) is 18.4. The van der Waals surface area contributed by atoms with E-state index in [-0.39, 0.29) is 22.4 Å². The van der Waals surface area contributed by atoms with Crippen molar-refractivity contribution in [1.82, 2.24) is 5.32 Å². The van der Waals surface area contributed by atoms with Crippen LogP contribution in [0, 0.1) is 11.8 Å². The zero-order valence-electron chi connectivity index (χ0n) is 11.2. The van der Waals surface area contributed by atoms with Gasteiger partial charge in [0.1, 0.15) is 0 Å². The van der Waals surface area contributed by atoms with Crippen LogP contribution in [0.25, 0.3) is 0 Å². The van der Waals surface area contributed by atoms with Gasteiger partial charge in [-0.3, -0.25) is 0 Å². The van der Waals surface area contributed by atoms with Gasteiger partial charge < -0.3 is 16.8 Å². The molecule has 0 saturated heterocycles. The number of rotatable bonds is 8. The minimum atomic E-state index is 0. The van der Waals surface area contributed by atoms with E-state index < -0.39 is 0 Å². The van der Waals surface area contributed by atoms with E-state index in [0.29, 0.717) is 23.9 Å². The van der Waals surface area contributed by atoms with Crippen molar-refractivity contribution < 1.29 is 22.4 Å². The van der Waals surface area contributed by atoms with Crippen LogP contribution >= 0.6 is 0 Å². The summed E-state index contributed by atoms with van der Waals surface area (Å²) in [6.45, 7) is 10.7. The van der Waals surface area contributed by atoms with Gasteiger partial charge in [0.15, 0.2) is 0 Å². The van der Waals surface area contributed by atoms with Crippen molar-refractivity contribution in [3.05, 3.63) is 0 Å². The second kappa shape index (κ2) is 10.8. The van der Waals surface area contributed by atoms with E-state index >= 15 is 0 Å². The Morgan fingerprint density at radius 2 is 1.19 bits per heavy atom. The molecule has 16 heavy (non-hydrogen) atoms. The molecule has 4 atom stereocenters. The molecule has 4 heteroatoms. The Hall–Kier alpha value is 0.620. The van der Waals surface area contributed by atoms with E-state index in [0.717, 1.165) is 25.9 Å². The summed E-state index contributed by atoms with van der Waals surface area (Å²) in [6, 6.07) is 0.625. The Morgan fingerprint density at radius 1 is 0.875 bits per heavy atom. The maximum Gasteiger partial charge on any atom is 0.00740 e. The molecule has 0 amide bonds. The average molecular weight is 308 g/mol. The van der Waals surface area contributed by atoms with Gasteiger partial charge in [-0.05, 0) is 37.8 Å². The van der Waals surface area contributed by atoms with Crippen molar-refractivity contribution in [1.29, 1.82) is 0 Å². The van der Waals surface area contributed by atoms with Gasteiger partial charge in [-0.2, -0.15) is 0 Å². The molecule has 0 rings (SSSR count). The summed E-state index contributed by atoms with van der Waals surface area (Å²) < 4.78 is 0. The zero-order valence-corrected chi connectivity index (χ0v) is 13.4. The first-order chi connectivity index (χ1) is 7.02. The molecule has 1 radical (unpaired) electrons. The van der Waals surface area contributed by atoms with E-state index in [2.05, 4.69) is 33.0 Å². The summed E-state index contributed by atoms with van der Waals surface area (Å²) in [6.07, 6.45) is 2.10. The molecular formula is C12H29N3Nb. The molecule has 5 N–H and O–H groups in total. The monoisotopic (exact) mass is 308 g/mol. The fourth-order valence-electron chi connectivity index (χ4n) is 1.65. The Kier molecular flexibility index (Phi) is 12.8. The summed E-state index contributed by atoms with van der Waals surface area (Å²) in [5.41, 5.74) is 11.9. The van der Waals surface area contributed by atoms with Crippen molar-refractivity contribution in [2.45, 2.75) is 52.6 Å². The van der Waals surface area contributed by atoms with Gasteiger partial charge in [0.05, 0.1) is 0 Å². The third-order valence-corrected chi connectivity index (χ3v) is 3.34. The minimum absolute atomic E-state index is 0. The van der Waals surface area contributed by atoms with E-state index in [1.165, 1.54) is 0 Å². The zero-order chi connectivity index (χ0) is 11.8. The molecule has 0 aromatic carbocycles. The summed E-state index contributed by atoms with van der Waals surface area (Å²) in [7, 11) is 0. The summed E-state index contributed by atoms with van der Waals surface area (Å²) in [5.74, 6) is 1.08. The topological polar surface area (TPSA) is 64.1 Å². The van der Waals surface area contributed by atoms with Gasteiger partial charge in [0.2, 0.25) is 0 Å². The van der Waals surface area contributed by atoms with Gasteiger partial charge in [-0.25, -0.2) is 0 Å². The maximum absolute atomic E-state index is 5.95. The standard InChI is InChI=1S/C12H29N3.Nb/c1-5-11(13)9(3)7-15-8-10(4)12(14)6-2;/h9-12,15H,5-8,13-14H2,1-4H3;. The average Bonchev–Trinajstić information content (AvgIpc) is 2.26. The summed E-state index contributed by atoms with van der Waals surface area (Å²) in [5, 5.41) is 3.46. The smallest absolute Gasteiger partial charge is 0.00740 e. The summed E-state index contributed by atoms with van der Waals surface area (Å²) >= 11 is 0. The molecule has 0 aliphatic heterocycles. The van der Waals surface area contributed by atoms with Gasteiger partial charge in [-0.15, -0.1) is 0 Å². The van der Waals surface area contributed by atoms with E-state index in [4.69, 9.17) is 11.5 Å². The minimum Gasteiger partial charge on any atom is -0.327 e. The Morgan fingerprint density at radius 3 is 1.44 bits per heavy atom. The molecule has 0 heterocycles. The van der Waals surface area contributed by atoms with Gasteiger partial charge in [0.25, 0.3) is 0 Å². The number of nitrogens with two attached hydrogens (primary N) is 2. The molecule has 0 saturated carbocycles. The first-order valence-corrected chi connectivity index (χ1v) is 6.24. The Bertz CT molecular complexity index is 139. The molecule has 0 aromatic heterocycles. The first-order valence-electron chi connectivity index (χ1n) is 6.24. The van der Waals surface area contributed by atoms with Crippen LogP contribution < -0.4 is 16.8 Å². The molecule has 3 nitrogen and oxygen atoms in total. The van der Waals surface area contributed by atoms with Crippen molar-refractivity contribution in [2.75, 3.05) is 13.1 Å². The summed E-state index contributed by atoms with van der Waals surface area (Å²) in [4.78, 5) is 0. The molecule has 4 unspecified atom stereocenters.